The summed E-state index contributed by atoms with van der Waals surface area (Å²) in [6.45, 7) is 1.23. The number of amides is 1. The van der Waals surface area contributed by atoms with Crippen molar-refractivity contribution in [3.05, 3.63) is 53.6 Å². The molecule has 1 aliphatic rings. The van der Waals surface area contributed by atoms with E-state index in [9.17, 15) is 9.90 Å². The molecule has 1 amide bonds. The van der Waals surface area contributed by atoms with Crippen molar-refractivity contribution >= 4 is 5.91 Å². The maximum absolute atomic E-state index is 11.0. The zero-order chi connectivity index (χ0) is 25.0. The third-order valence-electron chi connectivity index (χ3n) is 6.23. The van der Waals surface area contributed by atoms with Gasteiger partial charge in [-0.1, -0.05) is 31.0 Å². The summed E-state index contributed by atoms with van der Waals surface area (Å²) in [6.07, 6.45) is 4.80. The van der Waals surface area contributed by atoms with Crippen molar-refractivity contribution < 1.29 is 28.8 Å². The molecule has 1 saturated carbocycles. The number of primary amides is 1. The molecule has 2 aromatic rings. The minimum Gasteiger partial charge on any atom is -0.493 e. The van der Waals surface area contributed by atoms with Gasteiger partial charge >= 0.3 is 0 Å². The summed E-state index contributed by atoms with van der Waals surface area (Å²) in [4.78, 5) is 11.0. The molecule has 2 aromatic carbocycles. The molecular formula is C27H38N2O6. The van der Waals surface area contributed by atoms with Crippen molar-refractivity contribution in [2.24, 2.45) is 5.73 Å². The first-order chi connectivity index (χ1) is 17.0. The van der Waals surface area contributed by atoms with Gasteiger partial charge in [-0.15, -0.1) is 0 Å². The molecule has 1 aliphatic carbocycles. The van der Waals surface area contributed by atoms with Crippen LogP contribution in [0.5, 0.6) is 17.2 Å². The fourth-order valence-electron chi connectivity index (χ4n) is 4.34. The Hall–Kier alpha value is -2.81. The SMILES string of the molecule is COc1ccc(CCO[C@@H]2CCCC[C@@H]2NC[C@H](O)COc2ccc(CC(N)=O)cc2)cc1OC. The Morgan fingerprint density at radius 3 is 2.49 bits per heavy atom. The van der Waals surface area contributed by atoms with E-state index in [1.165, 1.54) is 0 Å². The highest BCUT2D eigenvalue weighted by Crippen LogP contribution is 2.28. The van der Waals surface area contributed by atoms with Gasteiger partial charge in [-0.25, -0.2) is 0 Å². The summed E-state index contributed by atoms with van der Waals surface area (Å²) in [7, 11) is 3.27. The van der Waals surface area contributed by atoms with Gasteiger partial charge in [-0.3, -0.25) is 4.79 Å². The summed E-state index contributed by atoms with van der Waals surface area (Å²) in [5.74, 6) is 1.72. The molecule has 0 bridgehead atoms. The van der Waals surface area contributed by atoms with Crippen molar-refractivity contribution in [3.8, 4) is 17.2 Å². The fourth-order valence-corrected chi connectivity index (χ4v) is 4.34. The van der Waals surface area contributed by atoms with Crippen LogP contribution < -0.4 is 25.3 Å². The number of nitrogens with two attached hydrogens (primary N) is 1. The van der Waals surface area contributed by atoms with Crippen LogP contribution in [0.15, 0.2) is 42.5 Å². The Bertz CT molecular complexity index is 920. The molecule has 0 spiro atoms. The minimum absolute atomic E-state index is 0.120. The van der Waals surface area contributed by atoms with Crippen molar-refractivity contribution in [1.29, 1.82) is 0 Å². The van der Waals surface area contributed by atoms with Gasteiger partial charge in [0.15, 0.2) is 11.5 Å². The van der Waals surface area contributed by atoms with Crippen molar-refractivity contribution in [2.45, 2.75) is 56.8 Å². The van der Waals surface area contributed by atoms with Gasteiger partial charge in [0, 0.05) is 12.6 Å². The number of aliphatic hydroxyl groups is 1. The molecular weight excluding hydrogens is 448 g/mol. The largest absolute Gasteiger partial charge is 0.493 e. The van der Waals surface area contributed by atoms with Crippen molar-refractivity contribution in [1.82, 2.24) is 5.32 Å². The van der Waals surface area contributed by atoms with Crippen LogP contribution in [0.3, 0.4) is 0 Å². The van der Waals surface area contributed by atoms with Gasteiger partial charge in [0.1, 0.15) is 18.5 Å². The van der Waals surface area contributed by atoms with Gasteiger partial charge < -0.3 is 35.1 Å². The number of hydrogen-bond donors (Lipinski definition) is 3. The van der Waals surface area contributed by atoms with Crippen LogP contribution in [0, 0.1) is 0 Å². The Morgan fingerprint density at radius 2 is 1.77 bits per heavy atom. The molecule has 3 atom stereocenters. The molecule has 3 rings (SSSR count). The molecule has 4 N–H and O–H groups in total. The quantitative estimate of drug-likeness (QED) is 0.376. The second-order valence-corrected chi connectivity index (χ2v) is 8.90. The highest BCUT2D eigenvalue weighted by Gasteiger charge is 2.26. The second kappa shape index (κ2) is 13.9. The molecule has 0 unspecified atom stereocenters. The molecule has 0 aliphatic heterocycles. The van der Waals surface area contributed by atoms with E-state index in [2.05, 4.69) is 5.32 Å². The maximum Gasteiger partial charge on any atom is 0.221 e. The minimum atomic E-state index is -0.644. The van der Waals surface area contributed by atoms with Crippen LogP contribution in [0.25, 0.3) is 0 Å². The zero-order valence-electron chi connectivity index (χ0n) is 20.7. The lowest BCUT2D eigenvalue weighted by Gasteiger charge is -2.33. The predicted molar refractivity (Wildman–Crippen MR) is 134 cm³/mol. The molecule has 0 saturated heterocycles. The zero-order valence-corrected chi connectivity index (χ0v) is 20.7. The number of aliphatic hydroxyl groups excluding tert-OH is 1. The second-order valence-electron chi connectivity index (χ2n) is 8.90. The van der Waals surface area contributed by atoms with Gasteiger partial charge in [-0.2, -0.15) is 0 Å². The lowest BCUT2D eigenvalue weighted by molar-refractivity contribution is -0.117. The Morgan fingerprint density at radius 1 is 1.06 bits per heavy atom. The molecule has 0 radical (unpaired) electrons. The molecule has 35 heavy (non-hydrogen) atoms. The van der Waals surface area contributed by atoms with E-state index in [0.29, 0.717) is 18.9 Å². The molecule has 8 nitrogen and oxygen atoms in total. The number of carbonyl (C=O) groups excluding carboxylic acids is 1. The van der Waals surface area contributed by atoms with Crippen LogP contribution in [0.2, 0.25) is 0 Å². The lowest BCUT2D eigenvalue weighted by atomic mass is 9.92. The monoisotopic (exact) mass is 486 g/mol. The molecule has 8 heteroatoms. The number of methoxy groups -OCH3 is 2. The highest BCUT2D eigenvalue weighted by atomic mass is 16.5. The smallest absolute Gasteiger partial charge is 0.221 e. The first kappa shape index (κ1) is 26.8. The molecule has 0 heterocycles. The number of nitrogens with one attached hydrogen (secondary N) is 1. The topological polar surface area (TPSA) is 112 Å². The Kier molecular flexibility index (Phi) is 10.7. The lowest BCUT2D eigenvalue weighted by Crippen LogP contribution is -2.47. The van der Waals surface area contributed by atoms with Gasteiger partial charge in [0.2, 0.25) is 5.91 Å². The van der Waals surface area contributed by atoms with E-state index in [-0.39, 0.29) is 31.1 Å². The first-order valence-corrected chi connectivity index (χ1v) is 12.2. The normalized spacial score (nSPS) is 18.6. The van der Waals surface area contributed by atoms with E-state index in [4.69, 9.17) is 24.7 Å². The van der Waals surface area contributed by atoms with Crippen LogP contribution in [0.4, 0.5) is 0 Å². The van der Waals surface area contributed by atoms with Crippen LogP contribution in [-0.4, -0.2) is 63.2 Å². The predicted octanol–water partition coefficient (Wildman–Crippen LogP) is 2.63. The fraction of sp³-hybridized carbons (Fsp3) is 0.519. The average molecular weight is 487 g/mol. The summed E-state index contributed by atoms with van der Waals surface area (Å²) in [6, 6.07) is 13.3. The van der Waals surface area contributed by atoms with Crippen LogP contribution in [0.1, 0.15) is 36.8 Å². The van der Waals surface area contributed by atoms with Crippen LogP contribution in [-0.2, 0) is 22.4 Å². The summed E-state index contributed by atoms with van der Waals surface area (Å²) >= 11 is 0. The number of ether oxygens (including phenoxy) is 4. The Labute approximate surface area is 207 Å². The van der Waals surface area contributed by atoms with E-state index < -0.39 is 6.10 Å². The van der Waals surface area contributed by atoms with E-state index in [0.717, 1.165) is 54.7 Å². The van der Waals surface area contributed by atoms with Gasteiger partial charge in [0.05, 0.1) is 33.4 Å². The summed E-state index contributed by atoms with van der Waals surface area (Å²) in [5.41, 5.74) is 7.18. The van der Waals surface area contributed by atoms with E-state index in [1.54, 1.807) is 38.5 Å². The Balaban J connectivity index is 1.40. The number of carbonyl (C=O) groups is 1. The highest BCUT2D eigenvalue weighted by molar-refractivity contribution is 5.76. The molecule has 1 fully saturated rings. The maximum atomic E-state index is 11.0. The van der Waals surface area contributed by atoms with Crippen LogP contribution >= 0.6 is 0 Å². The molecule has 0 aromatic heterocycles. The number of rotatable bonds is 14. The first-order valence-electron chi connectivity index (χ1n) is 12.2. The average Bonchev–Trinajstić information content (AvgIpc) is 2.87. The third kappa shape index (κ3) is 8.72. The van der Waals surface area contributed by atoms with E-state index >= 15 is 0 Å². The summed E-state index contributed by atoms with van der Waals surface area (Å²) < 4.78 is 22.6. The van der Waals surface area contributed by atoms with Gasteiger partial charge in [-0.05, 0) is 54.7 Å². The number of hydrogen-bond acceptors (Lipinski definition) is 7. The van der Waals surface area contributed by atoms with E-state index in [1.807, 2.05) is 18.2 Å². The standard InChI is InChI=1S/C27H38N2O6/c1-32-25-12-9-20(15-26(25)33-2)13-14-34-24-6-4-3-5-23(24)29-17-21(30)18-35-22-10-7-19(8-11-22)16-27(28)31/h7-12,15,21,23-24,29-30H,3-6,13-14,16-18H2,1-2H3,(H2,28,31)/t21-,23-,24+/m0/s1. The van der Waals surface area contributed by atoms with Crippen molar-refractivity contribution in [2.75, 3.05) is 34.0 Å². The third-order valence-corrected chi connectivity index (χ3v) is 6.23. The van der Waals surface area contributed by atoms with Crippen molar-refractivity contribution in [3.63, 3.8) is 0 Å². The number of benzene rings is 2. The van der Waals surface area contributed by atoms with Gasteiger partial charge in [0.25, 0.3) is 0 Å². The summed E-state index contributed by atoms with van der Waals surface area (Å²) in [5, 5.41) is 13.9. The molecule has 192 valence electrons.